The van der Waals surface area contributed by atoms with Crippen LogP contribution in [0.15, 0.2) is 118 Å². The van der Waals surface area contributed by atoms with E-state index in [4.69, 9.17) is 9.47 Å². The first-order chi connectivity index (χ1) is 25.7. The number of anilines is 2. The molecule has 2 aliphatic carbocycles. The van der Waals surface area contributed by atoms with Crippen molar-refractivity contribution in [2.45, 2.75) is 79.1 Å². The molecule has 2 unspecified atom stereocenters. The molecule has 0 spiro atoms. The van der Waals surface area contributed by atoms with Gasteiger partial charge in [-0.15, -0.1) is 0 Å². The second-order valence-electron chi connectivity index (χ2n) is 17.4. The van der Waals surface area contributed by atoms with Gasteiger partial charge in [0.05, 0.1) is 22.5 Å². The molecule has 0 saturated heterocycles. The standard InChI is InChI=1S/C46H44N2O6/c1-25-10-14-29(15-11-25)47-31-19-45(3,4)21-35(49)39(31)37(41-33(47)23-53-43(41)51)27-8-7-9-28(18-27)38-40-32(20-46(5,6)22-36(40)50)48(30-16-12-26(2)13-17-30)34-24-54-44(52)42(34)38/h7-18,37-38H,19-24H2,1-6H3. The number of ketones is 2. The van der Waals surface area contributed by atoms with Gasteiger partial charge in [-0.25, -0.2) is 9.59 Å². The summed E-state index contributed by atoms with van der Waals surface area (Å²) in [5.41, 5.74) is 10.3. The zero-order valence-corrected chi connectivity index (χ0v) is 31.7. The summed E-state index contributed by atoms with van der Waals surface area (Å²) in [6, 6.07) is 24.1. The van der Waals surface area contributed by atoms with Gasteiger partial charge in [-0.05, 0) is 72.9 Å². The van der Waals surface area contributed by atoms with Crippen molar-refractivity contribution in [2.24, 2.45) is 10.8 Å². The third-order valence-electron chi connectivity index (χ3n) is 11.9. The molecule has 8 nitrogen and oxygen atoms in total. The lowest BCUT2D eigenvalue weighted by atomic mass is 9.66. The van der Waals surface area contributed by atoms with E-state index in [9.17, 15) is 19.2 Å². The van der Waals surface area contributed by atoms with Gasteiger partial charge in [0.2, 0.25) is 0 Å². The van der Waals surface area contributed by atoms with Crippen LogP contribution in [0.1, 0.15) is 87.5 Å². The summed E-state index contributed by atoms with van der Waals surface area (Å²) in [6.45, 7) is 12.7. The lowest BCUT2D eigenvalue weighted by molar-refractivity contribution is -0.137. The molecule has 0 amide bonds. The summed E-state index contributed by atoms with van der Waals surface area (Å²) in [4.78, 5) is 60.7. The van der Waals surface area contributed by atoms with Crippen LogP contribution in [-0.2, 0) is 28.7 Å². The van der Waals surface area contributed by atoms with Crippen LogP contribution in [0.2, 0.25) is 0 Å². The second kappa shape index (κ2) is 12.0. The molecule has 4 aliphatic heterocycles. The molecule has 6 aliphatic rings. The molecule has 0 N–H and O–H groups in total. The lowest BCUT2D eigenvalue weighted by Gasteiger charge is -2.44. The Labute approximate surface area is 315 Å². The van der Waals surface area contributed by atoms with Gasteiger partial charge in [0.25, 0.3) is 0 Å². The molecular formula is C46H44N2O6. The van der Waals surface area contributed by atoms with Crippen molar-refractivity contribution in [3.8, 4) is 0 Å². The minimum atomic E-state index is -0.665. The molecule has 0 saturated carbocycles. The molecule has 0 radical (unpaired) electrons. The van der Waals surface area contributed by atoms with E-state index in [0.717, 1.165) is 56.4 Å². The first-order valence-corrected chi connectivity index (χ1v) is 18.9. The van der Waals surface area contributed by atoms with Crippen LogP contribution < -0.4 is 9.80 Å². The predicted molar refractivity (Wildman–Crippen MR) is 205 cm³/mol. The molecule has 0 fully saturated rings. The van der Waals surface area contributed by atoms with Crippen molar-refractivity contribution < 1.29 is 28.7 Å². The number of aryl methyl sites for hydroxylation is 2. The summed E-state index contributed by atoms with van der Waals surface area (Å²) in [6.07, 6.45) is 1.98. The Kier molecular flexibility index (Phi) is 7.62. The summed E-state index contributed by atoms with van der Waals surface area (Å²) in [5, 5.41) is 0. The number of benzene rings is 3. The Balaban J connectivity index is 1.24. The minimum absolute atomic E-state index is 0.00507. The maximum atomic E-state index is 14.4. The fourth-order valence-electron chi connectivity index (χ4n) is 9.62. The Hall–Kier alpha value is -5.50. The number of carbonyl (C=O) groups is 4. The maximum Gasteiger partial charge on any atom is 0.337 e. The van der Waals surface area contributed by atoms with Crippen molar-refractivity contribution in [3.05, 3.63) is 140 Å². The molecule has 0 bridgehead atoms. The Morgan fingerprint density at radius 3 is 1.30 bits per heavy atom. The molecular weight excluding hydrogens is 677 g/mol. The summed E-state index contributed by atoms with van der Waals surface area (Å²) in [5.74, 6) is -2.20. The van der Waals surface area contributed by atoms with E-state index >= 15 is 0 Å². The quantitative estimate of drug-likeness (QED) is 0.248. The van der Waals surface area contributed by atoms with Crippen LogP contribution in [0.4, 0.5) is 11.4 Å². The highest BCUT2D eigenvalue weighted by atomic mass is 16.5. The van der Waals surface area contributed by atoms with Gasteiger partial charge in [0.15, 0.2) is 11.6 Å². The van der Waals surface area contributed by atoms with Gasteiger partial charge in [0, 0.05) is 58.6 Å². The number of esters is 2. The maximum absolute atomic E-state index is 14.4. The smallest absolute Gasteiger partial charge is 0.337 e. The van der Waals surface area contributed by atoms with Crippen LogP contribution in [0, 0.1) is 24.7 Å². The average Bonchev–Trinajstić information content (AvgIpc) is 3.68. The van der Waals surface area contributed by atoms with Gasteiger partial charge in [-0.3, -0.25) is 9.59 Å². The van der Waals surface area contributed by atoms with Gasteiger partial charge < -0.3 is 19.3 Å². The number of nitrogens with zero attached hydrogens (tertiary/aromatic N) is 2. The van der Waals surface area contributed by atoms with Gasteiger partial charge in [-0.1, -0.05) is 87.4 Å². The number of hydrogen-bond acceptors (Lipinski definition) is 8. The van der Waals surface area contributed by atoms with Crippen LogP contribution in [0.3, 0.4) is 0 Å². The Bertz CT molecular complexity index is 2170. The normalized spacial score (nSPS) is 24.4. The van der Waals surface area contributed by atoms with Crippen LogP contribution in [-0.4, -0.2) is 36.7 Å². The molecule has 2 atom stereocenters. The number of cyclic esters (lactones) is 2. The number of ether oxygens (including phenoxy) is 2. The van der Waals surface area contributed by atoms with Gasteiger partial charge in [-0.2, -0.15) is 0 Å². The van der Waals surface area contributed by atoms with E-state index < -0.39 is 23.8 Å². The first kappa shape index (κ1) is 34.3. The number of rotatable bonds is 4. The molecule has 274 valence electrons. The summed E-state index contributed by atoms with van der Waals surface area (Å²) < 4.78 is 11.6. The first-order valence-electron chi connectivity index (χ1n) is 18.9. The largest absolute Gasteiger partial charge is 0.456 e. The third-order valence-corrected chi connectivity index (χ3v) is 11.9. The highest BCUT2D eigenvalue weighted by molar-refractivity contribution is 6.08. The van der Waals surface area contributed by atoms with E-state index in [1.54, 1.807) is 0 Å². The zero-order chi connectivity index (χ0) is 37.8. The predicted octanol–water partition coefficient (Wildman–Crippen LogP) is 8.42. The third kappa shape index (κ3) is 5.32. The zero-order valence-electron chi connectivity index (χ0n) is 31.7. The SMILES string of the molecule is Cc1ccc(N2C3=C(C(=O)CC(C)(C)C3)C(c3cccc(C4C5=C(CC(C)(C)CC5=O)N(c5ccc(C)cc5)C5=C4C(=O)OC5)c3)C3=C2COC3=O)cc1. The van der Waals surface area contributed by atoms with Crippen molar-refractivity contribution >= 4 is 34.9 Å². The van der Waals surface area contributed by atoms with E-state index in [-0.39, 0.29) is 35.6 Å². The lowest BCUT2D eigenvalue weighted by Crippen LogP contribution is -2.40. The monoisotopic (exact) mass is 720 g/mol. The number of carbonyl (C=O) groups excluding carboxylic acids is 4. The fourth-order valence-corrected chi connectivity index (χ4v) is 9.62. The molecule has 8 heteroatoms. The molecule has 3 aromatic rings. The van der Waals surface area contributed by atoms with Gasteiger partial charge >= 0.3 is 11.9 Å². The number of hydrogen-bond donors (Lipinski definition) is 0. The topological polar surface area (TPSA) is 93.2 Å². The van der Waals surface area contributed by atoms with Gasteiger partial charge in [0.1, 0.15) is 13.2 Å². The molecule has 4 heterocycles. The molecule has 0 aromatic heterocycles. The average molecular weight is 721 g/mol. The van der Waals surface area contributed by atoms with E-state index in [2.05, 4.69) is 37.5 Å². The minimum Gasteiger partial charge on any atom is -0.456 e. The highest BCUT2D eigenvalue weighted by Gasteiger charge is 2.51. The Morgan fingerprint density at radius 1 is 0.519 bits per heavy atom. The molecule has 54 heavy (non-hydrogen) atoms. The van der Waals surface area contributed by atoms with E-state index in [1.165, 1.54) is 0 Å². The molecule has 3 aromatic carbocycles. The summed E-state index contributed by atoms with van der Waals surface area (Å²) >= 11 is 0. The van der Waals surface area contributed by atoms with Crippen LogP contribution >= 0.6 is 0 Å². The van der Waals surface area contributed by atoms with E-state index in [1.807, 2.05) is 86.6 Å². The van der Waals surface area contributed by atoms with Crippen molar-refractivity contribution in [3.63, 3.8) is 0 Å². The number of Topliss-reactive ketones (excluding diaryl/α,β-unsaturated/α-hetero) is 2. The fraction of sp³-hybridized carbons (Fsp3) is 0.348. The number of allylic oxidation sites excluding steroid dienone is 4. The Morgan fingerprint density at radius 2 is 0.907 bits per heavy atom. The van der Waals surface area contributed by atoms with Crippen LogP contribution in [0.5, 0.6) is 0 Å². The highest BCUT2D eigenvalue weighted by Crippen LogP contribution is 2.55. The second-order valence-corrected chi connectivity index (χ2v) is 17.4. The van der Waals surface area contributed by atoms with E-state index in [0.29, 0.717) is 48.0 Å². The molecule has 9 rings (SSSR count). The summed E-state index contributed by atoms with van der Waals surface area (Å²) in [7, 11) is 0. The van der Waals surface area contributed by atoms with Crippen molar-refractivity contribution in [2.75, 3.05) is 23.0 Å². The van der Waals surface area contributed by atoms with Crippen LogP contribution in [0.25, 0.3) is 0 Å². The van der Waals surface area contributed by atoms with Crippen molar-refractivity contribution in [1.29, 1.82) is 0 Å². The van der Waals surface area contributed by atoms with Crippen molar-refractivity contribution in [1.82, 2.24) is 0 Å².